The lowest BCUT2D eigenvalue weighted by atomic mass is 9.98. The van der Waals surface area contributed by atoms with Crippen LogP contribution in [0.25, 0.3) is 0 Å². The van der Waals surface area contributed by atoms with Crippen molar-refractivity contribution in [1.82, 2.24) is 10.2 Å². The van der Waals surface area contributed by atoms with Crippen LogP contribution in [-0.2, 0) is 0 Å². The normalized spacial score (nSPS) is 18.1. The van der Waals surface area contributed by atoms with E-state index in [0.29, 0.717) is 0 Å². The Kier molecular flexibility index (Phi) is 4.91. The molecule has 1 unspecified atom stereocenters. The Labute approximate surface area is 130 Å². The topological polar surface area (TPSA) is 24.5 Å². The summed E-state index contributed by atoms with van der Waals surface area (Å²) in [5, 5.41) is 7.91. The summed E-state index contributed by atoms with van der Waals surface area (Å²) in [5.74, 6) is 0.978. The molecule has 1 aliphatic heterocycles. The zero-order valence-corrected chi connectivity index (χ0v) is 13.2. The van der Waals surface area contributed by atoms with Crippen LogP contribution >= 0.6 is 11.3 Å². The number of hydrogen-bond acceptors (Lipinski definition) is 4. The fourth-order valence-electron chi connectivity index (χ4n) is 3.03. The van der Waals surface area contributed by atoms with Gasteiger partial charge in [-0.1, -0.05) is 18.2 Å². The summed E-state index contributed by atoms with van der Waals surface area (Å²) >= 11 is 1.76. The summed E-state index contributed by atoms with van der Waals surface area (Å²) in [6.45, 7) is 4.35. The summed E-state index contributed by atoms with van der Waals surface area (Å²) in [4.78, 5) is 2.57. The summed E-state index contributed by atoms with van der Waals surface area (Å²) in [5.41, 5.74) is 2.63. The minimum Gasteiger partial charge on any atom is -0.496 e. The van der Waals surface area contributed by atoms with Gasteiger partial charge in [-0.25, -0.2) is 0 Å². The lowest BCUT2D eigenvalue weighted by molar-refractivity contribution is 0.236. The largest absolute Gasteiger partial charge is 0.496 e. The number of para-hydroxylation sites is 1. The van der Waals surface area contributed by atoms with E-state index >= 15 is 0 Å². The van der Waals surface area contributed by atoms with Crippen LogP contribution in [0.3, 0.4) is 0 Å². The molecule has 0 amide bonds. The number of nitrogens with one attached hydrogen (secondary N) is 1. The van der Waals surface area contributed by atoms with Crippen LogP contribution in [0.2, 0.25) is 0 Å². The van der Waals surface area contributed by atoms with Gasteiger partial charge in [-0.2, -0.15) is 11.3 Å². The van der Waals surface area contributed by atoms with Crippen molar-refractivity contribution < 1.29 is 4.74 Å². The van der Waals surface area contributed by atoms with Gasteiger partial charge in [0.1, 0.15) is 5.75 Å². The summed E-state index contributed by atoms with van der Waals surface area (Å²) in [7, 11) is 1.76. The molecule has 1 aliphatic rings. The first kappa shape index (κ1) is 14.6. The van der Waals surface area contributed by atoms with Gasteiger partial charge in [0.15, 0.2) is 0 Å². The fraction of sp³-hybridized carbons (Fsp3) is 0.412. The second-order valence-electron chi connectivity index (χ2n) is 5.34. The van der Waals surface area contributed by atoms with Crippen LogP contribution < -0.4 is 10.1 Å². The maximum Gasteiger partial charge on any atom is 0.123 e. The third-order valence-corrected chi connectivity index (χ3v) is 4.73. The molecular weight excluding hydrogens is 280 g/mol. The average molecular weight is 302 g/mol. The smallest absolute Gasteiger partial charge is 0.123 e. The van der Waals surface area contributed by atoms with E-state index in [1.54, 1.807) is 18.4 Å². The maximum atomic E-state index is 5.61. The number of methoxy groups -OCH3 is 1. The Morgan fingerprint density at radius 3 is 2.90 bits per heavy atom. The van der Waals surface area contributed by atoms with Gasteiger partial charge >= 0.3 is 0 Å². The van der Waals surface area contributed by atoms with E-state index in [4.69, 9.17) is 4.74 Å². The molecule has 1 fully saturated rings. The quantitative estimate of drug-likeness (QED) is 0.939. The fourth-order valence-corrected chi connectivity index (χ4v) is 3.71. The van der Waals surface area contributed by atoms with E-state index in [0.717, 1.165) is 31.9 Å². The first-order chi connectivity index (χ1) is 10.4. The molecule has 1 atom stereocenters. The van der Waals surface area contributed by atoms with E-state index in [-0.39, 0.29) is 6.04 Å². The van der Waals surface area contributed by atoms with Crippen LogP contribution in [0.1, 0.15) is 23.6 Å². The first-order valence-electron chi connectivity index (χ1n) is 7.50. The molecule has 1 saturated heterocycles. The van der Waals surface area contributed by atoms with E-state index in [1.165, 1.54) is 17.5 Å². The third-order valence-electron chi connectivity index (χ3n) is 4.03. The zero-order chi connectivity index (χ0) is 14.5. The molecule has 3 rings (SSSR count). The second kappa shape index (κ2) is 7.07. The van der Waals surface area contributed by atoms with Crippen molar-refractivity contribution >= 4 is 11.3 Å². The highest BCUT2D eigenvalue weighted by molar-refractivity contribution is 7.08. The summed E-state index contributed by atoms with van der Waals surface area (Å²) < 4.78 is 5.61. The highest BCUT2D eigenvalue weighted by Gasteiger charge is 2.25. The minimum absolute atomic E-state index is 0.285. The molecule has 0 saturated carbocycles. The molecule has 0 aliphatic carbocycles. The number of ether oxygens (including phenoxy) is 1. The van der Waals surface area contributed by atoms with Gasteiger partial charge in [-0.05, 0) is 41.4 Å². The molecule has 2 heterocycles. The van der Waals surface area contributed by atoms with Crippen molar-refractivity contribution in [1.29, 1.82) is 0 Å². The lowest BCUT2D eigenvalue weighted by Gasteiger charge is -2.31. The average Bonchev–Trinajstić information content (AvgIpc) is 2.91. The van der Waals surface area contributed by atoms with Crippen LogP contribution in [0.4, 0.5) is 0 Å². The Hall–Kier alpha value is -1.36. The van der Waals surface area contributed by atoms with Crippen molar-refractivity contribution in [3.63, 3.8) is 0 Å². The van der Waals surface area contributed by atoms with Crippen LogP contribution in [0.15, 0.2) is 41.1 Å². The molecule has 112 valence electrons. The van der Waals surface area contributed by atoms with Gasteiger partial charge in [-0.3, -0.25) is 4.90 Å². The molecule has 0 radical (unpaired) electrons. The van der Waals surface area contributed by atoms with Gasteiger partial charge in [0.2, 0.25) is 0 Å². The molecule has 1 aromatic heterocycles. The van der Waals surface area contributed by atoms with Crippen LogP contribution in [0.5, 0.6) is 5.75 Å². The van der Waals surface area contributed by atoms with Crippen molar-refractivity contribution in [3.05, 3.63) is 52.2 Å². The predicted octanol–water partition coefficient (Wildman–Crippen LogP) is 3.14. The monoisotopic (exact) mass is 302 g/mol. The van der Waals surface area contributed by atoms with Crippen LogP contribution in [0, 0.1) is 0 Å². The van der Waals surface area contributed by atoms with E-state index in [1.807, 2.05) is 6.07 Å². The van der Waals surface area contributed by atoms with Crippen LogP contribution in [-0.4, -0.2) is 38.2 Å². The van der Waals surface area contributed by atoms with Gasteiger partial charge in [0, 0.05) is 25.2 Å². The van der Waals surface area contributed by atoms with Crippen molar-refractivity contribution in [3.8, 4) is 5.75 Å². The molecule has 1 N–H and O–H groups in total. The summed E-state index contributed by atoms with van der Waals surface area (Å²) in [6.07, 6.45) is 1.19. The van der Waals surface area contributed by atoms with Gasteiger partial charge in [0.25, 0.3) is 0 Å². The maximum absolute atomic E-state index is 5.61. The molecule has 0 bridgehead atoms. The second-order valence-corrected chi connectivity index (χ2v) is 6.12. The number of nitrogens with zero attached hydrogens (tertiary/aromatic N) is 1. The minimum atomic E-state index is 0.285. The highest BCUT2D eigenvalue weighted by atomic mass is 32.1. The molecule has 21 heavy (non-hydrogen) atoms. The Bertz CT molecular complexity index is 548. The number of rotatable bonds is 4. The molecule has 0 spiro atoms. The van der Waals surface area contributed by atoms with Crippen molar-refractivity contribution in [2.24, 2.45) is 0 Å². The molecule has 1 aromatic carbocycles. The molecule has 4 heteroatoms. The van der Waals surface area contributed by atoms with E-state index < -0.39 is 0 Å². The third kappa shape index (κ3) is 3.28. The number of benzene rings is 1. The van der Waals surface area contributed by atoms with E-state index in [9.17, 15) is 0 Å². The van der Waals surface area contributed by atoms with E-state index in [2.05, 4.69) is 45.2 Å². The lowest BCUT2D eigenvalue weighted by Crippen LogP contribution is -2.33. The highest BCUT2D eigenvalue weighted by Crippen LogP contribution is 2.35. The molecule has 2 aromatic rings. The zero-order valence-electron chi connectivity index (χ0n) is 12.4. The van der Waals surface area contributed by atoms with Gasteiger partial charge in [-0.15, -0.1) is 0 Å². The Morgan fingerprint density at radius 2 is 2.10 bits per heavy atom. The predicted molar refractivity (Wildman–Crippen MR) is 88.2 cm³/mol. The van der Waals surface area contributed by atoms with Gasteiger partial charge in [0.05, 0.1) is 13.2 Å². The molecule has 3 nitrogen and oxygen atoms in total. The van der Waals surface area contributed by atoms with Gasteiger partial charge < -0.3 is 10.1 Å². The number of hydrogen-bond donors (Lipinski definition) is 1. The molecular formula is C17H22N2OS. The SMILES string of the molecule is COc1ccccc1C(c1ccsc1)N1CCCNCC1. The first-order valence-corrected chi connectivity index (χ1v) is 8.44. The standard InChI is InChI=1S/C17H22N2OS/c1-20-16-6-3-2-5-15(16)17(14-7-12-21-13-14)19-10-4-8-18-9-11-19/h2-3,5-7,12-13,17-18H,4,8-11H2,1H3. The Morgan fingerprint density at radius 1 is 1.19 bits per heavy atom. The van der Waals surface area contributed by atoms with Crippen molar-refractivity contribution in [2.45, 2.75) is 12.5 Å². The number of thiophene rings is 1. The van der Waals surface area contributed by atoms with Crippen molar-refractivity contribution in [2.75, 3.05) is 33.3 Å². The summed E-state index contributed by atoms with van der Waals surface area (Å²) in [6, 6.07) is 10.9. The Balaban J connectivity index is 1.99.